The Kier molecular flexibility index (Phi) is 4.66. The van der Waals surface area contributed by atoms with Crippen LogP contribution in [0, 0.1) is 6.92 Å². The van der Waals surface area contributed by atoms with Crippen molar-refractivity contribution in [3.05, 3.63) is 40.7 Å². The molecule has 0 unspecified atom stereocenters. The maximum absolute atomic E-state index is 11.4. The Bertz CT molecular complexity index is 445. The highest BCUT2D eigenvalue weighted by Gasteiger charge is 2.22. The van der Waals surface area contributed by atoms with Gasteiger partial charge >= 0.3 is 5.97 Å². The highest BCUT2D eigenvalue weighted by Crippen LogP contribution is 2.27. The van der Waals surface area contributed by atoms with Crippen molar-refractivity contribution in [1.82, 2.24) is 4.98 Å². The predicted octanol–water partition coefficient (Wildman–Crippen LogP) is 2.20. The highest BCUT2D eigenvalue weighted by atomic mass is 35.5. The number of halogens is 1. The number of esters is 1. The summed E-state index contributed by atoms with van der Waals surface area (Å²) in [5.74, 6) is -0.641. The number of aryl methyl sites for hydroxylation is 1. The van der Waals surface area contributed by atoms with Gasteiger partial charge in [0.1, 0.15) is 11.3 Å². The van der Waals surface area contributed by atoms with Gasteiger partial charge < -0.3 is 9.84 Å². The van der Waals surface area contributed by atoms with E-state index in [1.54, 1.807) is 19.2 Å². The summed E-state index contributed by atoms with van der Waals surface area (Å²) in [4.78, 5) is 15.3. The van der Waals surface area contributed by atoms with E-state index in [4.69, 9.17) is 16.3 Å². The van der Waals surface area contributed by atoms with Gasteiger partial charge in [-0.15, -0.1) is 0 Å². The van der Waals surface area contributed by atoms with Gasteiger partial charge in [-0.3, -0.25) is 0 Å². The number of hydrogen-bond donors (Lipinski definition) is 1. The smallest absolute Gasteiger partial charge is 0.336 e. The van der Waals surface area contributed by atoms with Gasteiger partial charge in [-0.25, -0.2) is 9.78 Å². The van der Waals surface area contributed by atoms with Crippen LogP contribution in [-0.4, -0.2) is 22.7 Å². The largest absolute Gasteiger partial charge is 0.463 e. The molecule has 0 radical (unpaired) electrons. The minimum atomic E-state index is -1.20. The number of hydrogen-bond acceptors (Lipinski definition) is 4. The average molecular weight is 256 g/mol. The lowest BCUT2D eigenvalue weighted by Gasteiger charge is -2.14. The van der Waals surface area contributed by atoms with Gasteiger partial charge in [0.2, 0.25) is 0 Å². The van der Waals surface area contributed by atoms with E-state index in [-0.39, 0.29) is 17.3 Å². The van der Waals surface area contributed by atoms with Gasteiger partial charge in [-0.05, 0) is 25.5 Å². The molecule has 17 heavy (non-hydrogen) atoms. The normalized spacial score (nSPS) is 12.0. The lowest BCUT2D eigenvalue weighted by atomic mass is 10.0. The van der Waals surface area contributed by atoms with E-state index in [0.29, 0.717) is 5.56 Å². The summed E-state index contributed by atoms with van der Waals surface area (Å²) in [6.45, 7) is 7.23. The molecule has 0 aromatic carbocycles. The molecular formula is C12H14ClNO3. The molecule has 0 aliphatic rings. The van der Waals surface area contributed by atoms with E-state index in [1.807, 2.05) is 6.92 Å². The van der Waals surface area contributed by atoms with Gasteiger partial charge in [-0.2, -0.15) is 0 Å². The molecule has 0 aliphatic carbocycles. The van der Waals surface area contributed by atoms with Crippen molar-refractivity contribution in [3.8, 4) is 0 Å². The van der Waals surface area contributed by atoms with Gasteiger partial charge in [0, 0.05) is 11.8 Å². The summed E-state index contributed by atoms with van der Waals surface area (Å²) in [7, 11) is 0. The van der Waals surface area contributed by atoms with Crippen LogP contribution < -0.4 is 0 Å². The summed E-state index contributed by atoms with van der Waals surface area (Å²) in [5, 5.41) is 10.1. The molecule has 0 bridgehead atoms. The molecule has 4 nitrogen and oxygen atoms in total. The van der Waals surface area contributed by atoms with Gasteiger partial charge in [0.15, 0.2) is 0 Å². The average Bonchev–Trinajstić information content (AvgIpc) is 2.30. The number of nitrogens with zero attached hydrogens (tertiary/aromatic N) is 1. The van der Waals surface area contributed by atoms with Crippen LogP contribution in [0.1, 0.15) is 24.2 Å². The maximum atomic E-state index is 11.4. The lowest BCUT2D eigenvalue weighted by molar-refractivity contribution is -0.139. The first-order valence-electron chi connectivity index (χ1n) is 5.13. The summed E-state index contributed by atoms with van der Waals surface area (Å²) in [6, 6.07) is 1.66. The second kappa shape index (κ2) is 5.80. The first-order chi connectivity index (χ1) is 7.97. The molecule has 0 spiro atoms. The molecule has 5 heteroatoms. The van der Waals surface area contributed by atoms with Crippen LogP contribution in [0.3, 0.4) is 0 Å². The van der Waals surface area contributed by atoms with Crippen molar-refractivity contribution in [2.75, 3.05) is 6.61 Å². The predicted molar refractivity (Wildman–Crippen MR) is 64.7 cm³/mol. The quantitative estimate of drug-likeness (QED) is 0.509. The van der Waals surface area contributed by atoms with E-state index >= 15 is 0 Å². The Morgan fingerprint density at radius 1 is 1.71 bits per heavy atom. The van der Waals surface area contributed by atoms with Crippen LogP contribution in [0.4, 0.5) is 0 Å². The second-order valence-electron chi connectivity index (χ2n) is 3.54. The highest BCUT2D eigenvalue weighted by molar-refractivity contribution is 6.30. The number of aromatic nitrogens is 1. The van der Waals surface area contributed by atoms with Crippen LogP contribution in [-0.2, 0) is 9.53 Å². The Morgan fingerprint density at radius 2 is 2.35 bits per heavy atom. The number of carbonyl (C=O) groups excluding carboxylic acids is 1. The Labute approximate surface area is 105 Å². The second-order valence-corrected chi connectivity index (χ2v) is 3.90. The van der Waals surface area contributed by atoms with Crippen molar-refractivity contribution in [2.45, 2.75) is 20.0 Å². The number of carbonyl (C=O) groups is 1. The molecule has 1 aromatic rings. The number of aliphatic hydroxyl groups is 1. The zero-order chi connectivity index (χ0) is 13.0. The molecule has 0 saturated carbocycles. The Balaban J connectivity index is 2.96. The number of rotatable bonds is 4. The fourth-order valence-corrected chi connectivity index (χ4v) is 1.50. The van der Waals surface area contributed by atoms with E-state index in [0.717, 1.165) is 5.56 Å². The molecule has 0 saturated heterocycles. The standard InChI is InChI=1S/C12H14ClNO3/c1-4-17-12(16)8(3)10(15)9-5-7(2)6-14-11(9)13/h5-6,10,15H,3-4H2,1-2H3/t10-/m1/s1. The molecule has 1 atom stereocenters. The van der Waals surface area contributed by atoms with Crippen molar-refractivity contribution >= 4 is 17.6 Å². The van der Waals surface area contributed by atoms with Crippen molar-refractivity contribution < 1.29 is 14.6 Å². The van der Waals surface area contributed by atoms with Crippen molar-refractivity contribution in [2.24, 2.45) is 0 Å². The molecule has 92 valence electrons. The summed E-state index contributed by atoms with van der Waals surface area (Å²) in [6.07, 6.45) is 0.375. The van der Waals surface area contributed by atoms with Crippen LogP contribution in [0.2, 0.25) is 5.15 Å². The van der Waals surface area contributed by atoms with Crippen LogP contribution in [0.15, 0.2) is 24.4 Å². The number of aliphatic hydroxyl groups excluding tert-OH is 1. The minimum absolute atomic E-state index is 0.0545. The van der Waals surface area contributed by atoms with E-state index in [1.165, 1.54) is 0 Å². The minimum Gasteiger partial charge on any atom is -0.463 e. The monoisotopic (exact) mass is 255 g/mol. The molecular weight excluding hydrogens is 242 g/mol. The first kappa shape index (κ1) is 13.7. The van der Waals surface area contributed by atoms with Crippen molar-refractivity contribution in [3.63, 3.8) is 0 Å². The number of ether oxygens (including phenoxy) is 1. The molecule has 0 aliphatic heterocycles. The molecule has 1 heterocycles. The summed E-state index contributed by atoms with van der Waals surface area (Å²) >= 11 is 5.85. The third-order valence-electron chi connectivity index (χ3n) is 2.17. The van der Waals surface area contributed by atoms with E-state index in [9.17, 15) is 9.90 Å². The molecule has 1 N–H and O–H groups in total. The Morgan fingerprint density at radius 3 is 2.94 bits per heavy atom. The molecule has 0 fully saturated rings. The topological polar surface area (TPSA) is 59.4 Å². The number of pyridine rings is 1. The molecule has 0 amide bonds. The maximum Gasteiger partial charge on any atom is 0.336 e. The third kappa shape index (κ3) is 3.28. The first-order valence-corrected chi connectivity index (χ1v) is 5.51. The van der Waals surface area contributed by atoms with Gasteiger partial charge in [-0.1, -0.05) is 18.2 Å². The van der Waals surface area contributed by atoms with Gasteiger partial charge in [0.05, 0.1) is 12.2 Å². The van der Waals surface area contributed by atoms with E-state index < -0.39 is 12.1 Å². The summed E-state index contributed by atoms with van der Waals surface area (Å²) < 4.78 is 4.75. The third-order valence-corrected chi connectivity index (χ3v) is 2.48. The zero-order valence-electron chi connectivity index (χ0n) is 9.74. The molecule has 1 aromatic heterocycles. The lowest BCUT2D eigenvalue weighted by Crippen LogP contribution is -2.14. The zero-order valence-corrected chi connectivity index (χ0v) is 10.5. The van der Waals surface area contributed by atoms with E-state index in [2.05, 4.69) is 11.6 Å². The van der Waals surface area contributed by atoms with Gasteiger partial charge in [0.25, 0.3) is 0 Å². The fraction of sp³-hybridized carbons (Fsp3) is 0.333. The van der Waals surface area contributed by atoms with Crippen LogP contribution in [0.25, 0.3) is 0 Å². The molecule has 1 rings (SSSR count). The van der Waals surface area contributed by atoms with Crippen molar-refractivity contribution in [1.29, 1.82) is 0 Å². The fourth-order valence-electron chi connectivity index (χ4n) is 1.29. The van der Waals surface area contributed by atoms with Crippen LogP contribution in [0.5, 0.6) is 0 Å². The van der Waals surface area contributed by atoms with Crippen LogP contribution >= 0.6 is 11.6 Å². The Hall–Kier alpha value is -1.39. The SMILES string of the molecule is C=C(C(=O)OCC)[C@@H](O)c1cc(C)cnc1Cl. The summed E-state index contributed by atoms with van der Waals surface area (Å²) in [5.41, 5.74) is 1.13.